The minimum Gasteiger partial charge on any atom is -0.370 e. The molecule has 0 N–H and O–H groups in total. The molecule has 0 fully saturated rings. The van der Waals surface area contributed by atoms with E-state index in [9.17, 15) is 0 Å². The van der Waals surface area contributed by atoms with E-state index in [2.05, 4.69) is 75.4 Å². The van der Waals surface area contributed by atoms with Gasteiger partial charge in [-0.25, -0.2) is 0 Å². The summed E-state index contributed by atoms with van der Waals surface area (Å²) >= 11 is 0. The molecule has 1 aliphatic rings. The number of aryl methyl sites for hydroxylation is 1. The Morgan fingerprint density at radius 2 is 1.89 bits per heavy atom. The predicted octanol–water partition coefficient (Wildman–Crippen LogP) is 4.23. The molecule has 1 aromatic carbocycles. The summed E-state index contributed by atoms with van der Waals surface area (Å²) in [5.74, 6) is 0. The van der Waals surface area contributed by atoms with Crippen molar-refractivity contribution < 1.29 is 0 Å². The van der Waals surface area contributed by atoms with E-state index in [0.717, 1.165) is 6.42 Å². The molecule has 1 atom stereocenters. The number of allylic oxidation sites excluding steroid dienone is 2. The van der Waals surface area contributed by atoms with Crippen molar-refractivity contribution in [1.82, 2.24) is 4.90 Å². The van der Waals surface area contributed by atoms with Crippen LogP contribution < -0.4 is 0 Å². The van der Waals surface area contributed by atoms with Crippen molar-refractivity contribution in [2.24, 2.45) is 0 Å². The minimum atomic E-state index is -0.748. The smallest absolute Gasteiger partial charge is 0.0726 e. The predicted molar refractivity (Wildman–Crippen MR) is 87.0 cm³/mol. The Morgan fingerprint density at radius 1 is 1.21 bits per heavy atom. The van der Waals surface area contributed by atoms with Crippen molar-refractivity contribution >= 4 is 8.80 Å². The van der Waals surface area contributed by atoms with Gasteiger partial charge in [-0.15, -0.1) is 0 Å². The molecule has 19 heavy (non-hydrogen) atoms. The summed E-state index contributed by atoms with van der Waals surface area (Å²) in [4.78, 5) is 2.38. The standard InChI is InChI=1S/C17H25NSi/c1-6-14-11-16(15-10-8-7-9-13(15)2)18(3)12-17(14)19(4)5/h7-12,16,19H,6H2,1-5H3. The fourth-order valence-electron chi connectivity index (χ4n) is 2.86. The Balaban J connectivity index is 2.41. The number of rotatable bonds is 3. The zero-order valence-electron chi connectivity index (χ0n) is 12.8. The number of likely N-dealkylation sites (N-methyl/N-ethyl adjacent to an activating group) is 1. The van der Waals surface area contributed by atoms with Crippen LogP contribution in [0.1, 0.15) is 30.5 Å². The molecule has 0 amide bonds. The van der Waals surface area contributed by atoms with Gasteiger partial charge in [-0.1, -0.05) is 50.4 Å². The molecule has 1 unspecified atom stereocenters. The van der Waals surface area contributed by atoms with Crippen molar-refractivity contribution in [2.45, 2.75) is 39.4 Å². The van der Waals surface area contributed by atoms with E-state index in [4.69, 9.17) is 0 Å². The van der Waals surface area contributed by atoms with Gasteiger partial charge in [-0.2, -0.15) is 0 Å². The summed E-state index contributed by atoms with van der Waals surface area (Å²) in [6.07, 6.45) is 6.02. The summed E-state index contributed by atoms with van der Waals surface area (Å²) in [7, 11) is 1.46. The molecule has 0 aromatic heterocycles. The van der Waals surface area contributed by atoms with Gasteiger partial charge in [0.2, 0.25) is 0 Å². The second-order valence-corrected chi connectivity index (χ2v) is 8.68. The largest absolute Gasteiger partial charge is 0.370 e. The van der Waals surface area contributed by atoms with Crippen LogP contribution in [-0.2, 0) is 0 Å². The first kappa shape index (κ1) is 14.1. The zero-order valence-corrected chi connectivity index (χ0v) is 13.9. The first-order valence-electron chi connectivity index (χ1n) is 7.24. The molecule has 1 aromatic rings. The van der Waals surface area contributed by atoms with Gasteiger partial charge in [0.05, 0.1) is 14.8 Å². The summed E-state index contributed by atoms with van der Waals surface area (Å²) in [5, 5.41) is 1.62. The van der Waals surface area contributed by atoms with Gasteiger partial charge in [0.1, 0.15) is 0 Å². The van der Waals surface area contributed by atoms with Crippen LogP contribution >= 0.6 is 0 Å². The van der Waals surface area contributed by atoms with E-state index in [1.165, 1.54) is 11.1 Å². The Hall–Kier alpha value is -1.28. The normalized spacial score (nSPS) is 19.5. The van der Waals surface area contributed by atoms with E-state index in [0.29, 0.717) is 6.04 Å². The first-order chi connectivity index (χ1) is 9.04. The van der Waals surface area contributed by atoms with Crippen LogP contribution in [0.15, 0.2) is 47.3 Å². The van der Waals surface area contributed by atoms with E-state index < -0.39 is 8.80 Å². The number of hydrogen-bond acceptors (Lipinski definition) is 1. The maximum Gasteiger partial charge on any atom is 0.0726 e. The third-order valence-electron chi connectivity index (χ3n) is 4.02. The fourth-order valence-corrected chi connectivity index (χ4v) is 4.43. The molecule has 0 aliphatic carbocycles. The summed E-state index contributed by atoms with van der Waals surface area (Å²) in [5.41, 5.74) is 4.37. The summed E-state index contributed by atoms with van der Waals surface area (Å²) < 4.78 is 0. The van der Waals surface area contributed by atoms with Crippen LogP contribution in [0.3, 0.4) is 0 Å². The Kier molecular flexibility index (Phi) is 4.30. The lowest BCUT2D eigenvalue weighted by Crippen LogP contribution is -2.26. The molecule has 1 nitrogen and oxygen atoms in total. The third-order valence-corrected chi connectivity index (χ3v) is 5.79. The van der Waals surface area contributed by atoms with Gasteiger partial charge in [0.15, 0.2) is 0 Å². The van der Waals surface area contributed by atoms with Crippen LogP contribution in [0.5, 0.6) is 0 Å². The van der Waals surface area contributed by atoms with Gasteiger partial charge in [0.25, 0.3) is 0 Å². The molecular weight excluding hydrogens is 246 g/mol. The van der Waals surface area contributed by atoms with Crippen molar-refractivity contribution in [3.63, 3.8) is 0 Å². The molecular formula is C17H25NSi. The second-order valence-electron chi connectivity index (χ2n) is 5.75. The molecule has 1 aliphatic heterocycles. The summed E-state index contributed by atoms with van der Waals surface area (Å²) in [6.45, 7) is 9.31. The average Bonchev–Trinajstić information content (AvgIpc) is 2.39. The lowest BCUT2D eigenvalue weighted by molar-refractivity contribution is 0.384. The van der Waals surface area contributed by atoms with Crippen LogP contribution in [0.4, 0.5) is 0 Å². The molecule has 2 heteroatoms. The van der Waals surface area contributed by atoms with Crippen molar-refractivity contribution in [3.05, 3.63) is 58.4 Å². The van der Waals surface area contributed by atoms with Crippen LogP contribution in [0, 0.1) is 6.92 Å². The van der Waals surface area contributed by atoms with E-state index in [1.54, 1.807) is 10.8 Å². The molecule has 0 spiro atoms. The average molecular weight is 271 g/mol. The third kappa shape index (κ3) is 2.84. The van der Waals surface area contributed by atoms with Gasteiger partial charge in [-0.05, 0) is 41.4 Å². The molecule has 0 bridgehead atoms. The number of nitrogens with zero attached hydrogens (tertiary/aromatic N) is 1. The second kappa shape index (κ2) is 5.79. The maximum atomic E-state index is 2.48. The highest BCUT2D eigenvalue weighted by atomic mass is 28.3. The van der Waals surface area contributed by atoms with Gasteiger partial charge >= 0.3 is 0 Å². The van der Waals surface area contributed by atoms with E-state index in [1.807, 2.05) is 0 Å². The molecule has 0 radical (unpaired) electrons. The van der Waals surface area contributed by atoms with Gasteiger partial charge < -0.3 is 4.90 Å². The quantitative estimate of drug-likeness (QED) is 0.744. The van der Waals surface area contributed by atoms with Crippen molar-refractivity contribution in [1.29, 1.82) is 0 Å². The van der Waals surface area contributed by atoms with Crippen molar-refractivity contribution in [2.75, 3.05) is 7.05 Å². The first-order valence-corrected chi connectivity index (χ1v) is 10.1. The topological polar surface area (TPSA) is 3.24 Å². The summed E-state index contributed by atoms with van der Waals surface area (Å²) in [6, 6.07) is 9.12. The van der Waals surface area contributed by atoms with Crippen molar-refractivity contribution in [3.8, 4) is 0 Å². The number of benzene rings is 1. The van der Waals surface area contributed by atoms with Crippen LogP contribution in [0.25, 0.3) is 0 Å². The lowest BCUT2D eigenvalue weighted by Gasteiger charge is -2.33. The fraction of sp³-hybridized carbons (Fsp3) is 0.412. The van der Waals surface area contributed by atoms with Crippen LogP contribution in [-0.4, -0.2) is 20.7 Å². The monoisotopic (exact) mass is 271 g/mol. The molecule has 0 saturated heterocycles. The molecule has 102 valence electrons. The molecule has 1 heterocycles. The zero-order chi connectivity index (χ0) is 14.0. The molecule has 0 saturated carbocycles. The van der Waals surface area contributed by atoms with Gasteiger partial charge in [-0.3, -0.25) is 0 Å². The highest BCUT2D eigenvalue weighted by molar-refractivity contribution is 6.65. The Bertz CT molecular complexity index is 514. The highest BCUT2D eigenvalue weighted by Crippen LogP contribution is 2.33. The Labute approximate surface area is 119 Å². The number of hydrogen-bond donors (Lipinski definition) is 0. The van der Waals surface area contributed by atoms with Crippen LogP contribution in [0.2, 0.25) is 13.1 Å². The van der Waals surface area contributed by atoms with Gasteiger partial charge in [0, 0.05) is 7.05 Å². The maximum absolute atomic E-state index is 2.48. The van der Waals surface area contributed by atoms with E-state index in [-0.39, 0.29) is 0 Å². The lowest BCUT2D eigenvalue weighted by atomic mass is 9.95. The minimum absolute atomic E-state index is 0.396. The Morgan fingerprint density at radius 3 is 2.47 bits per heavy atom. The van der Waals surface area contributed by atoms with E-state index >= 15 is 0 Å². The highest BCUT2D eigenvalue weighted by Gasteiger charge is 2.22. The SMILES string of the molecule is CCC1=CC(c2ccccc2C)N(C)C=C1[SiH](C)C. The molecule has 2 rings (SSSR count).